The van der Waals surface area contributed by atoms with Crippen LogP contribution in [0.1, 0.15) is 21.5 Å². The highest BCUT2D eigenvalue weighted by Crippen LogP contribution is 2.35. The zero-order valence-corrected chi connectivity index (χ0v) is 17.7. The second-order valence-corrected chi connectivity index (χ2v) is 6.87. The third-order valence-electron chi connectivity index (χ3n) is 4.46. The Morgan fingerprint density at radius 3 is 2.52 bits per heavy atom. The molecule has 0 aliphatic rings. The van der Waals surface area contributed by atoms with Crippen molar-refractivity contribution < 1.29 is 28.2 Å². The lowest BCUT2D eigenvalue weighted by atomic mass is 10.0. The Hall–Kier alpha value is -3.39. The van der Waals surface area contributed by atoms with Gasteiger partial charge in [-0.25, -0.2) is 14.0 Å². The molecule has 0 saturated heterocycles. The van der Waals surface area contributed by atoms with Gasteiger partial charge in [-0.1, -0.05) is 12.1 Å². The second-order valence-electron chi connectivity index (χ2n) is 6.49. The van der Waals surface area contributed by atoms with E-state index >= 15 is 0 Å². The Kier molecular flexibility index (Phi) is 7.25. The molecule has 0 fully saturated rings. The Morgan fingerprint density at radius 2 is 1.87 bits per heavy atom. The van der Waals surface area contributed by atoms with Gasteiger partial charge in [0.15, 0.2) is 5.75 Å². The van der Waals surface area contributed by atoms with Crippen LogP contribution in [0.5, 0.6) is 5.75 Å². The number of alkyl halides is 1. The van der Waals surface area contributed by atoms with E-state index in [1.807, 2.05) is 6.07 Å². The first-order valence-corrected chi connectivity index (χ1v) is 9.82. The number of benzene rings is 2. The average Bonchev–Trinajstić information content (AvgIpc) is 2.78. The van der Waals surface area contributed by atoms with E-state index < -0.39 is 12.1 Å². The molecule has 31 heavy (non-hydrogen) atoms. The molecule has 0 spiro atoms. The standard InChI is InChI=1S/C22H20ClFN2O5/c1-29-20-17(21(27)30-2)11-18(26-22(28)31-8-7-23)16-10-14(12-25-19(16)20)9-13-3-5-15(24)6-4-13/h3-6,10-12H,7-9H2,1-2H3,(H,26,28). The monoisotopic (exact) mass is 446 g/mol. The normalized spacial score (nSPS) is 10.6. The molecule has 7 nitrogen and oxygen atoms in total. The van der Waals surface area contributed by atoms with Gasteiger partial charge in [-0.3, -0.25) is 10.3 Å². The molecule has 0 aliphatic heterocycles. The van der Waals surface area contributed by atoms with Gasteiger partial charge in [-0.2, -0.15) is 0 Å². The number of amides is 1. The van der Waals surface area contributed by atoms with Crippen LogP contribution in [0.4, 0.5) is 14.9 Å². The molecular formula is C22H20ClFN2O5. The number of fused-ring (bicyclic) bond motifs is 1. The fraction of sp³-hybridized carbons (Fsp3) is 0.227. The lowest BCUT2D eigenvalue weighted by molar-refractivity contribution is 0.0597. The third kappa shape index (κ3) is 5.21. The van der Waals surface area contributed by atoms with Gasteiger partial charge in [0.1, 0.15) is 23.5 Å². The van der Waals surface area contributed by atoms with Crippen molar-refractivity contribution in [3.05, 3.63) is 65.1 Å². The Balaban J connectivity index is 2.09. The molecule has 9 heteroatoms. The van der Waals surface area contributed by atoms with Gasteiger partial charge >= 0.3 is 12.1 Å². The first-order valence-electron chi connectivity index (χ1n) is 9.29. The fourth-order valence-corrected chi connectivity index (χ4v) is 3.17. The van der Waals surface area contributed by atoms with Gasteiger partial charge in [-0.05, 0) is 41.8 Å². The van der Waals surface area contributed by atoms with Crippen molar-refractivity contribution >= 4 is 40.3 Å². The molecule has 0 unspecified atom stereocenters. The maximum atomic E-state index is 13.2. The number of nitrogens with one attached hydrogen (secondary N) is 1. The molecule has 0 bridgehead atoms. The Bertz CT molecular complexity index is 1110. The summed E-state index contributed by atoms with van der Waals surface area (Å²) in [5.41, 5.74) is 2.45. The van der Waals surface area contributed by atoms with Crippen LogP contribution < -0.4 is 10.1 Å². The van der Waals surface area contributed by atoms with Crippen molar-refractivity contribution in [3.63, 3.8) is 0 Å². The summed E-state index contributed by atoms with van der Waals surface area (Å²) in [7, 11) is 2.66. The number of carbonyl (C=O) groups excluding carboxylic acids is 2. The summed E-state index contributed by atoms with van der Waals surface area (Å²) in [5, 5.41) is 3.15. The number of methoxy groups -OCH3 is 2. The highest BCUT2D eigenvalue weighted by atomic mass is 35.5. The summed E-state index contributed by atoms with van der Waals surface area (Å²) in [4.78, 5) is 28.8. The molecule has 2 aromatic carbocycles. The van der Waals surface area contributed by atoms with Crippen LogP contribution in [0.3, 0.4) is 0 Å². The summed E-state index contributed by atoms with van der Waals surface area (Å²) in [6, 6.07) is 9.39. The molecule has 0 aliphatic carbocycles. The van der Waals surface area contributed by atoms with Gasteiger partial charge < -0.3 is 14.2 Å². The summed E-state index contributed by atoms with van der Waals surface area (Å²) in [6.45, 7) is 0.0272. The minimum absolute atomic E-state index is 0.0272. The fourth-order valence-electron chi connectivity index (χ4n) is 3.09. The maximum Gasteiger partial charge on any atom is 0.411 e. The van der Waals surface area contributed by atoms with Crippen molar-refractivity contribution in [2.24, 2.45) is 0 Å². The van der Waals surface area contributed by atoms with Gasteiger partial charge in [0.25, 0.3) is 0 Å². The Morgan fingerprint density at radius 1 is 1.13 bits per heavy atom. The van der Waals surface area contributed by atoms with Crippen LogP contribution in [0.25, 0.3) is 10.9 Å². The smallest absolute Gasteiger partial charge is 0.411 e. The molecule has 1 N–H and O–H groups in total. The number of esters is 1. The molecule has 1 heterocycles. The van der Waals surface area contributed by atoms with Crippen molar-refractivity contribution in [3.8, 4) is 5.75 Å². The molecule has 3 aromatic rings. The molecule has 162 valence electrons. The number of carbonyl (C=O) groups is 2. The number of nitrogens with zero attached hydrogens (tertiary/aromatic N) is 1. The summed E-state index contributed by atoms with van der Waals surface area (Å²) < 4.78 is 28.4. The maximum absolute atomic E-state index is 13.2. The molecular weight excluding hydrogens is 427 g/mol. The lowest BCUT2D eigenvalue weighted by Gasteiger charge is -2.15. The van der Waals surface area contributed by atoms with Crippen molar-refractivity contribution in [2.75, 3.05) is 32.0 Å². The van der Waals surface area contributed by atoms with Gasteiger partial charge in [0.05, 0.1) is 25.8 Å². The average molecular weight is 447 g/mol. The number of halogens is 2. The van der Waals surface area contributed by atoms with Gasteiger partial charge in [0, 0.05) is 11.6 Å². The lowest BCUT2D eigenvalue weighted by Crippen LogP contribution is -2.16. The summed E-state index contributed by atoms with van der Waals surface area (Å²) >= 11 is 5.56. The largest absolute Gasteiger partial charge is 0.494 e. The topological polar surface area (TPSA) is 86.8 Å². The van der Waals surface area contributed by atoms with Crippen molar-refractivity contribution in [1.82, 2.24) is 4.98 Å². The molecule has 1 amide bonds. The number of hydrogen-bond donors (Lipinski definition) is 1. The molecule has 0 saturated carbocycles. The van der Waals surface area contributed by atoms with E-state index in [0.717, 1.165) is 11.1 Å². The number of hydrogen-bond acceptors (Lipinski definition) is 6. The number of rotatable bonds is 7. The zero-order chi connectivity index (χ0) is 22.4. The van der Waals surface area contributed by atoms with Crippen LogP contribution in [-0.2, 0) is 15.9 Å². The van der Waals surface area contributed by atoms with Crippen LogP contribution in [0, 0.1) is 5.82 Å². The number of pyridine rings is 1. The third-order valence-corrected chi connectivity index (χ3v) is 4.62. The molecule has 3 rings (SSSR count). The number of anilines is 1. The quantitative estimate of drug-likeness (QED) is 0.423. The SMILES string of the molecule is COC(=O)c1cc(NC(=O)OCCCl)c2cc(Cc3ccc(F)cc3)cnc2c1OC. The van der Waals surface area contributed by atoms with E-state index in [-0.39, 0.29) is 29.6 Å². The van der Waals surface area contributed by atoms with E-state index in [9.17, 15) is 14.0 Å². The van der Waals surface area contributed by atoms with E-state index in [2.05, 4.69) is 10.3 Å². The van der Waals surface area contributed by atoms with Crippen LogP contribution in [-0.4, -0.2) is 43.8 Å². The minimum Gasteiger partial charge on any atom is -0.494 e. The Labute approximate surface area is 183 Å². The van der Waals surface area contributed by atoms with Gasteiger partial charge in [0.2, 0.25) is 0 Å². The van der Waals surface area contributed by atoms with Crippen LogP contribution >= 0.6 is 11.6 Å². The zero-order valence-electron chi connectivity index (χ0n) is 16.9. The predicted molar refractivity (Wildman–Crippen MR) is 115 cm³/mol. The van der Waals surface area contributed by atoms with Crippen LogP contribution in [0.15, 0.2) is 42.6 Å². The predicted octanol–water partition coefficient (Wildman–Crippen LogP) is 4.55. The van der Waals surface area contributed by atoms with E-state index in [4.69, 9.17) is 25.8 Å². The summed E-state index contributed by atoms with van der Waals surface area (Å²) in [6.07, 6.45) is 1.39. The van der Waals surface area contributed by atoms with E-state index in [1.54, 1.807) is 18.3 Å². The van der Waals surface area contributed by atoms with E-state index in [1.165, 1.54) is 32.4 Å². The molecule has 1 aromatic heterocycles. The number of aromatic nitrogens is 1. The highest BCUT2D eigenvalue weighted by Gasteiger charge is 2.21. The first kappa shape index (κ1) is 22.3. The number of ether oxygens (including phenoxy) is 3. The van der Waals surface area contributed by atoms with E-state index in [0.29, 0.717) is 23.0 Å². The molecule has 0 atom stereocenters. The summed E-state index contributed by atoms with van der Waals surface area (Å²) in [5.74, 6) is -0.599. The first-order chi connectivity index (χ1) is 15.0. The van der Waals surface area contributed by atoms with Crippen LogP contribution in [0.2, 0.25) is 0 Å². The highest BCUT2D eigenvalue weighted by molar-refractivity contribution is 6.18. The molecule has 0 radical (unpaired) electrons. The second kappa shape index (κ2) is 10.1. The van der Waals surface area contributed by atoms with Crippen molar-refractivity contribution in [1.29, 1.82) is 0 Å². The van der Waals surface area contributed by atoms with Gasteiger partial charge in [-0.15, -0.1) is 11.6 Å². The van der Waals surface area contributed by atoms with Crippen molar-refractivity contribution in [2.45, 2.75) is 6.42 Å². The minimum atomic E-state index is -0.730.